The predicted molar refractivity (Wildman–Crippen MR) is 57.7 cm³/mol. The van der Waals surface area contributed by atoms with E-state index in [1.807, 2.05) is 13.2 Å². The molecule has 1 aromatic rings. The molecular formula is C10H13NO3S. The molecule has 0 radical (unpaired) electrons. The molecule has 1 aliphatic heterocycles. The minimum atomic E-state index is -0.891. The molecule has 0 spiro atoms. The highest BCUT2D eigenvalue weighted by molar-refractivity contribution is 7.97. The van der Waals surface area contributed by atoms with Crippen molar-refractivity contribution >= 4 is 11.8 Å². The molecule has 1 aliphatic rings. The third kappa shape index (κ3) is 1.95. The molecule has 82 valence electrons. The number of aliphatic hydroxyl groups is 1. The molecule has 2 rings (SSSR count). The van der Waals surface area contributed by atoms with Gasteiger partial charge >= 0.3 is 0 Å². The zero-order valence-corrected chi connectivity index (χ0v) is 9.50. The maximum absolute atomic E-state index is 9.75. The summed E-state index contributed by atoms with van der Waals surface area (Å²) >= 11 is 1.67. The van der Waals surface area contributed by atoms with Gasteiger partial charge in [-0.1, -0.05) is 0 Å². The first kappa shape index (κ1) is 10.7. The van der Waals surface area contributed by atoms with Gasteiger partial charge in [0.15, 0.2) is 18.8 Å². The molecule has 0 aliphatic carbocycles. The second-order valence-corrected chi connectivity index (χ2v) is 4.19. The Morgan fingerprint density at radius 2 is 2.47 bits per heavy atom. The molecule has 1 atom stereocenters. The van der Waals surface area contributed by atoms with E-state index in [9.17, 15) is 5.11 Å². The first-order chi connectivity index (χ1) is 7.24. The third-order valence-corrected chi connectivity index (χ3v) is 2.91. The summed E-state index contributed by atoms with van der Waals surface area (Å²) in [6.07, 6.45) is 2.88. The number of thioether (sulfide) groups is 1. The number of hydrogen-bond donors (Lipinski definition) is 1. The summed E-state index contributed by atoms with van der Waals surface area (Å²) in [5, 5.41) is 9.75. The van der Waals surface area contributed by atoms with Crippen LogP contribution in [0.15, 0.2) is 6.20 Å². The van der Waals surface area contributed by atoms with Crippen LogP contribution in [-0.2, 0) is 10.5 Å². The first-order valence-electron chi connectivity index (χ1n) is 4.64. The molecule has 1 aromatic heterocycles. The fraction of sp³-hybridized carbons (Fsp3) is 0.500. The van der Waals surface area contributed by atoms with E-state index < -0.39 is 6.29 Å². The predicted octanol–water partition coefficient (Wildman–Crippen LogP) is 1.61. The van der Waals surface area contributed by atoms with Crippen LogP contribution in [0.25, 0.3) is 0 Å². The van der Waals surface area contributed by atoms with Crippen LogP contribution in [0.3, 0.4) is 0 Å². The van der Waals surface area contributed by atoms with Gasteiger partial charge in [0.1, 0.15) is 0 Å². The van der Waals surface area contributed by atoms with Gasteiger partial charge in [-0.05, 0) is 18.7 Å². The Labute approximate surface area is 92.6 Å². The lowest BCUT2D eigenvalue weighted by Gasteiger charge is -2.25. The van der Waals surface area contributed by atoms with Crippen molar-refractivity contribution < 1.29 is 14.6 Å². The Bertz CT molecular complexity index is 370. The zero-order chi connectivity index (χ0) is 10.8. The van der Waals surface area contributed by atoms with Crippen molar-refractivity contribution in [3.05, 3.63) is 23.0 Å². The molecule has 2 heterocycles. The highest BCUT2D eigenvalue weighted by Crippen LogP contribution is 2.35. The van der Waals surface area contributed by atoms with Gasteiger partial charge in [-0.2, -0.15) is 11.8 Å². The Morgan fingerprint density at radius 3 is 3.20 bits per heavy atom. The van der Waals surface area contributed by atoms with Crippen LogP contribution in [0, 0.1) is 6.92 Å². The molecule has 1 N–H and O–H groups in total. The monoisotopic (exact) mass is 227 g/mol. The Hall–Kier alpha value is -0.780. The number of aromatic nitrogens is 1. The number of fused-ring (bicyclic) bond motifs is 1. The SMILES string of the molecule is CSCc1cnc(C)c2c1C(O)OCO2. The number of aryl methyl sites for hydroxylation is 1. The number of pyridine rings is 1. The maximum atomic E-state index is 9.75. The van der Waals surface area contributed by atoms with Crippen LogP contribution >= 0.6 is 11.8 Å². The fourth-order valence-corrected chi connectivity index (χ4v) is 2.15. The molecule has 15 heavy (non-hydrogen) atoms. The average molecular weight is 227 g/mol. The summed E-state index contributed by atoms with van der Waals surface area (Å²) in [4.78, 5) is 4.24. The maximum Gasteiger partial charge on any atom is 0.192 e. The lowest BCUT2D eigenvalue weighted by atomic mass is 10.1. The average Bonchev–Trinajstić information content (AvgIpc) is 2.23. The highest BCUT2D eigenvalue weighted by atomic mass is 32.2. The summed E-state index contributed by atoms with van der Waals surface area (Å²) in [6.45, 7) is 1.94. The van der Waals surface area contributed by atoms with E-state index in [-0.39, 0.29) is 6.79 Å². The summed E-state index contributed by atoms with van der Waals surface area (Å²) in [5.74, 6) is 1.46. The minimum Gasteiger partial charge on any atom is -0.465 e. The Kier molecular flexibility index (Phi) is 3.14. The molecule has 0 bridgehead atoms. The van der Waals surface area contributed by atoms with E-state index in [1.54, 1.807) is 18.0 Å². The molecule has 0 aromatic carbocycles. The number of rotatable bonds is 2. The van der Waals surface area contributed by atoms with E-state index in [4.69, 9.17) is 9.47 Å². The van der Waals surface area contributed by atoms with Crippen LogP contribution in [0.1, 0.15) is 23.1 Å². The molecular weight excluding hydrogens is 214 g/mol. The molecule has 0 saturated carbocycles. The van der Waals surface area contributed by atoms with Crippen LogP contribution in [0.4, 0.5) is 0 Å². The van der Waals surface area contributed by atoms with Gasteiger partial charge in [-0.15, -0.1) is 0 Å². The number of hydrogen-bond acceptors (Lipinski definition) is 5. The summed E-state index contributed by atoms with van der Waals surface area (Å²) in [6, 6.07) is 0. The molecule has 4 nitrogen and oxygen atoms in total. The highest BCUT2D eigenvalue weighted by Gasteiger charge is 2.25. The van der Waals surface area contributed by atoms with Crippen molar-refractivity contribution in [2.75, 3.05) is 13.0 Å². The van der Waals surface area contributed by atoms with Gasteiger partial charge < -0.3 is 14.6 Å². The van der Waals surface area contributed by atoms with Crippen molar-refractivity contribution in [2.24, 2.45) is 0 Å². The molecule has 0 saturated heterocycles. The summed E-state index contributed by atoms with van der Waals surface area (Å²) in [5.41, 5.74) is 2.48. The third-order valence-electron chi connectivity index (χ3n) is 2.31. The van der Waals surface area contributed by atoms with Gasteiger partial charge in [0.2, 0.25) is 0 Å². The van der Waals surface area contributed by atoms with E-state index in [0.717, 1.165) is 22.6 Å². The summed E-state index contributed by atoms with van der Waals surface area (Å²) in [7, 11) is 0. The van der Waals surface area contributed by atoms with Crippen molar-refractivity contribution in [1.82, 2.24) is 4.98 Å². The van der Waals surface area contributed by atoms with E-state index in [0.29, 0.717) is 5.75 Å². The Morgan fingerprint density at radius 1 is 1.67 bits per heavy atom. The quantitative estimate of drug-likeness (QED) is 0.831. The normalized spacial score (nSPS) is 19.5. The molecule has 0 amide bonds. The summed E-state index contributed by atoms with van der Waals surface area (Å²) < 4.78 is 10.4. The smallest absolute Gasteiger partial charge is 0.192 e. The van der Waals surface area contributed by atoms with Crippen LogP contribution < -0.4 is 4.74 Å². The van der Waals surface area contributed by atoms with Crippen molar-refractivity contribution in [3.63, 3.8) is 0 Å². The zero-order valence-electron chi connectivity index (χ0n) is 8.69. The van der Waals surface area contributed by atoms with E-state index in [1.165, 1.54) is 0 Å². The molecule has 1 unspecified atom stereocenters. The lowest BCUT2D eigenvalue weighted by molar-refractivity contribution is -0.164. The van der Waals surface area contributed by atoms with Gasteiger partial charge in [0, 0.05) is 11.9 Å². The molecule has 0 fully saturated rings. The largest absolute Gasteiger partial charge is 0.465 e. The first-order valence-corrected chi connectivity index (χ1v) is 6.03. The van der Waals surface area contributed by atoms with Crippen molar-refractivity contribution in [1.29, 1.82) is 0 Å². The number of aliphatic hydroxyl groups excluding tert-OH is 1. The van der Waals surface area contributed by atoms with Crippen LogP contribution in [-0.4, -0.2) is 23.1 Å². The second kappa shape index (κ2) is 4.38. The number of nitrogens with zero attached hydrogens (tertiary/aromatic N) is 1. The minimum absolute atomic E-state index is 0.0827. The fourth-order valence-electron chi connectivity index (χ4n) is 1.61. The van der Waals surface area contributed by atoms with Crippen molar-refractivity contribution in [3.8, 4) is 5.75 Å². The topological polar surface area (TPSA) is 51.6 Å². The van der Waals surface area contributed by atoms with E-state index in [2.05, 4.69) is 4.98 Å². The van der Waals surface area contributed by atoms with Gasteiger partial charge in [0.05, 0.1) is 11.3 Å². The standard InChI is InChI=1S/C10H13NO3S/c1-6-9-8(10(12)14-5-13-9)7(3-11-6)4-15-2/h3,10,12H,4-5H2,1-2H3. The van der Waals surface area contributed by atoms with Gasteiger partial charge in [-0.25, -0.2) is 0 Å². The molecule has 5 heteroatoms. The number of ether oxygens (including phenoxy) is 2. The Balaban J connectivity index is 2.49. The van der Waals surface area contributed by atoms with Gasteiger partial charge in [-0.3, -0.25) is 4.98 Å². The second-order valence-electron chi connectivity index (χ2n) is 3.33. The van der Waals surface area contributed by atoms with Gasteiger partial charge in [0.25, 0.3) is 0 Å². The van der Waals surface area contributed by atoms with Crippen LogP contribution in [0.5, 0.6) is 5.75 Å². The lowest BCUT2D eigenvalue weighted by Crippen LogP contribution is -2.20. The van der Waals surface area contributed by atoms with Crippen molar-refractivity contribution in [2.45, 2.75) is 19.0 Å². The van der Waals surface area contributed by atoms with Crippen LogP contribution in [0.2, 0.25) is 0 Å². The van der Waals surface area contributed by atoms with E-state index >= 15 is 0 Å².